The standard InChI is InChI=1S/C14H18FN3/c1-3-14(8-5-9-16-14)13-17-12-10(15)6-4-7-11(12)18(13)2/h4,6-7,16H,3,5,8-9H2,1-2H3. The lowest BCUT2D eigenvalue weighted by Gasteiger charge is -2.27. The summed E-state index contributed by atoms with van der Waals surface area (Å²) in [6.45, 7) is 3.17. The van der Waals surface area contributed by atoms with Gasteiger partial charge in [0.15, 0.2) is 5.82 Å². The van der Waals surface area contributed by atoms with Crippen molar-refractivity contribution in [3.63, 3.8) is 0 Å². The molecule has 1 fully saturated rings. The van der Waals surface area contributed by atoms with Gasteiger partial charge in [0.2, 0.25) is 0 Å². The van der Waals surface area contributed by atoms with Gasteiger partial charge in [-0.2, -0.15) is 0 Å². The zero-order valence-electron chi connectivity index (χ0n) is 10.8. The van der Waals surface area contributed by atoms with Crippen molar-refractivity contribution >= 4 is 11.0 Å². The molecule has 4 heteroatoms. The van der Waals surface area contributed by atoms with Gasteiger partial charge in [0.05, 0.1) is 11.1 Å². The van der Waals surface area contributed by atoms with Gasteiger partial charge >= 0.3 is 0 Å². The molecule has 0 amide bonds. The minimum atomic E-state index is -0.237. The smallest absolute Gasteiger partial charge is 0.151 e. The average molecular weight is 247 g/mol. The van der Waals surface area contributed by atoms with Crippen molar-refractivity contribution in [2.75, 3.05) is 6.54 Å². The molecule has 2 aromatic rings. The van der Waals surface area contributed by atoms with Crippen LogP contribution < -0.4 is 5.32 Å². The van der Waals surface area contributed by atoms with E-state index in [0.717, 1.165) is 37.1 Å². The summed E-state index contributed by atoms with van der Waals surface area (Å²) >= 11 is 0. The van der Waals surface area contributed by atoms with E-state index in [1.807, 2.05) is 17.7 Å². The maximum atomic E-state index is 13.8. The quantitative estimate of drug-likeness (QED) is 0.884. The molecular formula is C14H18FN3. The summed E-state index contributed by atoms with van der Waals surface area (Å²) < 4.78 is 15.8. The third kappa shape index (κ3) is 1.48. The number of halogens is 1. The maximum absolute atomic E-state index is 13.8. The number of benzene rings is 1. The topological polar surface area (TPSA) is 29.9 Å². The maximum Gasteiger partial charge on any atom is 0.151 e. The lowest BCUT2D eigenvalue weighted by atomic mass is 9.93. The Hall–Kier alpha value is -1.42. The number of nitrogens with one attached hydrogen (secondary N) is 1. The fourth-order valence-electron chi connectivity index (χ4n) is 3.07. The second-order valence-corrected chi connectivity index (χ2v) is 5.07. The number of nitrogens with zero attached hydrogens (tertiary/aromatic N) is 2. The highest BCUT2D eigenvalue weighted by Crippen LogP contribution is 2.35. The van der Waals surface area contributed by atoms with Crippen LogP contribution in [0.5, 0.6) is 0 Å². The first-order valence-corrected chi connectivity index (χ1v) is 6.54. The zero-order chi connectivity index (χ0) is 12.8. The van der Waals surface area contributed by atoms with E-state index in [1.165, 1.54) is 6.07 Å². The number of para-hydroxylation sites is 1. The third-order valence-corrected chi connectivity index (χ3v) is 4.14. The van der Waals surface area contributed by atoms with Gasteiger partial charge in [-0.1, -0.05) is 13.0 Å². The molecule has 1 unspecified atom stereocenters. The highest BCUT2D eigenvalue weighted by Gasteiger charge is 2.37. The highest BCUT2D eigenvalue weighted by atomic mass is 19.1. The molecule has 3 nitrogen and oxygen atoms in total. The van der Waals surface area contributed by atoms with E-state index in [1.54, 1.807) is 6.07 Å². The zero-order valence-corrected chi connectivity index (χ0v) is 10.8. The van der Waals surface area contributed by atoms with Gasteiger partial charge in [-0.15, -0.1) is 0 Å². The van der Waals surface area contributed by atoms with Gasteiger partial charge in [0.25, 0.3) is 0 Å². The molecule has 0 saturated carbocycles. The van der Waals surface area contributed by atoms with Crippen LogP contribution in [0, 0.1) is 5.82 Å². The number of imidazole rings is 1. The van der Waals surface area contributed by atoms with Gasteiger partial charge in [-0.05, 0) is 37.9 Å². The molecule has 1 aliphatic heterocycles. The van der Waals surface area contributed by atoms with E-state index in [0.29, 0.717) is 5.52 Å². The summed E-state index contributed by atoms with van der Waals surface area (Å²) in [6.07, 6.45) is 3.20. The van der Waals surface area contributed by atoms with Gasteiger partial charge in [-0.3, -0.25) is 0 Å². The lowest BCUT2D eigenvalue weighted by molar-refractivity contribution is 0.345. The Morgan fingerprint density at radius 1 is 1.50 bits per heavy atom. The van der Waals surface area contributed by atoms with Gasteiger partial charge in [-0.25, -0.2) is 9.37 Å². The van der Waals surface area contributed by atoms with Crippen LogP contribution in [-0.4, -0.2) is 16.1 Å². The normalized spacial score (nSPS) is 23.9. The monoisotopic (exact) mass is 247 g/mol. The van der Waals surface area contributed by atoms with Gasteiger partial charge < -0.3 is 9.88 Å². The van der Waals surface area contributed by atoms with Crippen molar-refractivity contribution in [1.82, 2.24) is 14.9 Å². The molecule has 18 heavy (non-hydrogen) atoms. The first kappa shape index (κ1) is 11.7. The van der Waals surface area contributed by atoms with E-state index in [9.17, 15) is 4.39 Å². The van der Waals surface area contributed by atoms with Crippen molar-refractivity contribution in [1.29, 1.82) is 0 Å². The molecule has 0 spiro atoms. The fraction of sp³-hybridized carbons (Fsp3) is 0.500. The molecular weight excluding hydrogens is 229 g/mol. The van der Waals surface area contributed by atoms with Crippen LogP contribution in [-0.2, 0) is 12.6 Å². The van der Waals surface area contributed by atoms with Crippen LogP contribution in [0.2, 0.25) is 0 Å². The Morgan fingerprint density at radius 2 is 2.33 bits per heavy atom. The number of aromatic nitrogens is 2. The SMILES string of the molecule is CCC1(c2nc3c(F)cccc3n2C)CCCN1. The second kappa shape index (κ2) is 4.05. The van der Waals surface area contributed by atoms with E-state index in [4.69, 9.17) is 0 Å². The van der Waals surface area contributed by atoms with E-state index >= 15 is 0 Å². The average Bonchev–Trinajstić information content (AvgIpc) is 2.97. The number of hydrogen-bond donors (Lipinski definition) is 1. The second-order valence-electron chi connectivity index (χ2n) is 5.07. The molecule has 1 aliphatic rings. The number of aryl methyl sites for hydroxylation is 1. The molecule has 3 rings (SSSR count). The summed E-state index contributed by atoms with van der Waals surface area (Å²) in [5.41, 5.74) is 1.27. The van der Waals surface area contributed by atoms with Crippen LogP contribution >= 0.6 is 0 Å². The number of rotatable bonds is 2. The third-order valence-electron chi connectivity index (χ3n) is 4.14. The van der Waals surface area contributed by atoms with Crippen LogP contribution in [0.4, 0.5) is 4.39 Å². The lowest BCUT2D eigenvalue weighted by Crippen LogP contribution is -2.38. The molecule has 1 saturated heterocycles. The fourth-order valence-corrected chi connectivity index (χ4v) is 3.07. The predicted octanol–water partition coefficient (Wildman–Crippen LogP) is 2.70. The minimum Gasteiger partial charge on any atom is -0.329 e. The summed E-state index contributed by atoms with van der Waals surface area (Å²) in [5.74, 6) is 0.723. The van der Waals surface area contributed by atoms with Crippen LogP contribution in [0.25, 0.3) is 11.0 Å². The molecule has 1 N–H and O–H groups in total. The molecule has 0 bridgehead atoms. The Morgan fingerprint density at radius 3 is 2.94 bits per heavy atom. The van der Waals surface area contributed by atoms with Crippen LogP contribution in [0.1, 0.15) is 32.0 Å². The van der Waals surface area contributed by atoms with Crippen LogP contribution in [0.15, 0.2) is 18.2 Å². The van der Waals surface area contributed by atoms with E-state index < -0.39 is 0 Å². The molecule has 0 radical (unpaired) electrons. The molecule has 0 aliphatic carbocycles. The van der Waals surface area contributed by atoms with E-state index in [2.05, 4.69) is 17.2 Å². The summed E-state index contributed by atoms with van der Waals surface area (Å²) in [5, 5.41) is 3.55. The Bertz CT molecular complexity index is 582. The highest BCUT2D eigenvalue weighted by molar-refractivity contribution is 5.76. The van der Waals surface area contributed by atoms with Gasteiger partial charge in [0.1, 0.15) is 11.3 Å². The first-order valence-electron chi connectivity index (χ1n) is 6.54. The molecule has 1 aromatic carbocycles. The molecule has 96 valence electrons. The van der Waals surface area contributed by atoms with Gasteiger partial charge in [0, 0.05) is 7.05 Å². The largest absolute Gasteiger partial charge is 0.329 e. The Balaban J connectivity index is 2.23. The van der Waals surface area contributed by atoms with Crippen molar-refractivity contribution in [3.05, 3.63) is 29.8 Å². The van der Waals surface area contributed by atoms with E-state index in [-0.39, 0.29) is 11.4 Å². The van der Waals surface area contributed by atoms with Crippen molar-refractivity contribution in [2.24, 2.45) is 7.05 Å². The minimum absolute atomic E-state index is 0.0831. The predicted molar refractivity (Wildman–Crippen MR) is 69.9 cm³/mol. The summed E-state index contributed by atoms with van der Waals surface area (Å²) in [4.78, 5) is 4.56. The molecule has 1 aromatic heterocycles. The number of fused-ring (bicyclic) bond motifs is 1. The van der Waals surface area contributed by atoms with Crippen molar-refractivity contribution in [3.8, 4) is 0 Å². The summed E-state index contributed by atoms with van der Waals surface area (Å²) in [6, 6.07) is 5.14. The first-order chi connectivity index (χ1) is 8.68. The molecule has 2 heterocycles. The number of hydrogen-bond acceptors (Lipinski definition) is 2. The Labute approximate surface area is 106 Å². The Kier molecular flexibility index (Phi) is 2.63. The van der Waals surface area contributed by atoms with Crippen LogP contribution in [0.3, 0.4) is 0 Å². The van der Waals surface area contributed by atoms with Crippen molar-refractivity contribution < 1.29 is 4.39 Å². The van der Waals surface area contributed by atoms with Crippen molar-refractivity contribution in [2.45, 2.75) is 31.7 Å². The summed E-state index contributed by atoms with van der Waals surface area (Å²) in [7, 11) is 1.97. The molecule has 1 atom stereocenters.